The number of benzene rings is 1. The lowest BCUT2D eigenvalue weighted by atomic mass is 10.2. The van der Waals surface area contributed by atoms with E-state index in [1.165, 1.54) is 0 Å². The Kier molecular flexibility index (Phi) is 4.20. The molecule has 0 aliphatic heterocycles. The van der Waals surface area contributed by atoms with Gasteiger partial charge >= 0.3 is 0 Å². The van der Waals surface area contributed by atoms with Crippen molar-refractivity contribution in [2.24, 2.45) is 0 Å². The standard InChI is InChI=1S/C15H17N3O2/c1-10-7-8-13(11(2)17-10)18-15(19)9-20-14-6-4-3-5-12(14)16/h3-8H,9,16H2,1-2H3,(H,18,19). The molecule has 0 atom stereocenters. The monoisotopic (exact) mass is 271 g/mol. The van der Waals surface area contributed by atoms with Crippen molar-refractivity contribution in [3.05, 3.63) is 47.8 Å². The fourth-order valence-corrected chi connectivity index (χ4v) is 1.76. The number of anilines is 2. The highest BCUT2D eigenvalue weighted by Gasteiger charge is 2.07. The molecule has 1 aromatic heterocycles. The number of nitrogens with two attached hydrogens (primary N) is 1. The Morgan fingerprint density at radius 3 is 2.70 bits per heavy atom. The Morgan fingerprint density at radius 2 is 2.00 bits per heavy atom. The van der Waals surface area contributed by atoms with Crippen LogP contribution in [0.5, 0.6) is 5.75 Å². The molecule has 104 valence electrons. The summed E-state index contributed by atoms with van der Waals surface area (Å²) in [6.07, 6.45) is 0. The van der Waals surface area contributed by atoms with E-state index in [2.05, 4.69) is 10.3 Å². The quantitative estimate of drug-likeness (QED) is 0.836. The molecule has 0 bridgehead atoms. The molecular formula is C15H17N3O2. The second kappa shape index (κ2) is 6.06. The van der Waals surface area contributed by atoms with E-state index in [0.29, 0.717) is 17.1 Å². The minimum absolute atomic E-state index is 0.0957. The van der Waals surface area contributed by atoms with Crippen LogP contribution in [0, 0.1) is 13.8 Å². The van der Waals surface area contributed by atoms with E-state index >= 15 is 0 Å². The van der Waals surface area contributed by atoms with Gasteiger partial charge in [0, 0.05) is 5.69 Å². The Morgan fingerprint density at radius 1 is 1.25 bits per heavy atom. The summed E-state index contributed by atoms with van der Waals surface area (Å²) in [5.74, 6) is 0.253. The van der Waals surface area contributed by atoms with Gasteiger partial charge in [0.25, 0.3) is 5.91 Å². The molecule has 0 saturated carbocycles. The van der Waals surface area contributed by atoms with E-state index in [9.17, 15) is 4.79 Å². The fraction of sp³-hybridized carbons (Fsp3) is 0.200. The van der Waals surface area contributed by atoms with E-state index in [4.69, 9.17) is 10.5 Å². The zero-order chi connectivity index (χ0) is 14.5. The van der Waals surface area contributed by atoms with Crippen molar-refractivity contribution in [3.63, 3.8) is 0 Å². The highest BCUT2D eigenvalue weighted by molar-refractivity contribution is 5.92. The van der Waals surface area contributed by atoms with Crippen molar-refractivity contribution < 1.29 is 9.53 Å². The number of amides is 1. The first-order valence-corrected chi connectivity index (χ1v) is 6.27. The summed E-state index contributed by atoms with van der Waals surface area (Å²) in [5, 5.41) is 2.76. The maximum absolute atomic E-state index is 11.8. The number of nitrogens with one attached hydrogen (secondary N) is 1. The van der Waals surface area contributed by atoms with Crippen LogP contribution in [-0.2, 0) is 4.79 Å². The number of nitrogens with zero attached hydrogens (tertiary/aromatic N) is 1. The first-order chi connectivity index (χ1) is 9.56. The highest BCUT2D eigenvalue weighted by Crippen LogP contribution is 2.19. The molecule has 1 amide bonds. The van der Waals surface area contributed by atoms with Crippen LogP contribution >= 0.6 is 0 Å². The Balaban J connectivity index is 1.94. The largest absolute Gasteiger partial charge is 0.482 e. The Bertz CT molecular complexity index is 626. The first kappa shape index (κ1) is 13.9. The van der Waals surface area contributed by atoms with Crippen molar-refractivity contribution in [2.75, 3.05) is 17.7 Å². The van der Waals surface area contributed by atoms with Crippen molar-refractivity contribution in [1.82, 2.24) is 4.98 Å². The molecule has 0 fully saturated rings. The number of para-hydroxylation sites is 2. The molecule has 0 radical (unpaired) electrons. The molecule has 1 heterocycles. The fourth-order valence-electron chi connectivity index (χ4n) is 1.76. The van der Waals surface area contributed by atoms with Crippen LogP contribution in [-0.4, -0.2) is 17.5 Å². The minimum atomic E-state index is -0.248. The van der Waals surface area contributed by atoms with Gasteiger partial charge in [0.15, 0.2) is 6.61 Å². The number of nitrogen functional groups attached to an aromatic ring is 1. The number of aryl methyl sites for hydroxylation is 2. The molecule has 3 N–H and O–H groups in total. The number of hydrogen-bond acceptors (Lipinski definition) is 4. The molecule has 2 rings (SSSR count). The second-order valence-electron chi connectivity index (χ2n) is 4.46. The summed E-state index contributed by atoms with van der Waals surface area (Å²) in [6, 6.07) is 10.7. The summed E-state index contributed by atoms with van der Waals surface area (Å²) in [7, 11) is 0. The molecule has 0 unspecified atom stereocenters. The summed E-state index contributed by atoms with van der Waals surface area (Å²) in [6.45, 7) is 3.65. The van der Waals surface area contributed by atoms with Crippen LogP contribution in [0.4, 0.5) is 11.4 Å². The third kappa shape index (κ3) is 3.47. The van der Waals surface area contributed by atoms with Gasteiger partial charge in [-0.1, -0.05) is 12.1 Å². The number of ether oxygens (including phenoxy) is 1. The number of rotatable bonds is 4. The number of hydrogen-bond donors (Lipinski definition) is 2. The lowest BCUT2D eigenvalue weighted by Gasteiger charge is -2.10. The number of carbonyl (C=O) groups excluding carboxylic acids is 1. The molecule has 0 saturated heterocycles. The van der Waals surface area contributed by atoms with Crippen LogP contribution in [0.3, 0.4) is 0 Å². The molecule has 0 spiro atoms. The Hall–Kier alpha value is -2.56. The lowest BCUT2D eigenvalue weighted by Crippen LogP contribution is -2.21. The van der Waals surface area contributed by atoms with Gasteiger partial charge in [-0.3, -0.25) is 9.78 Å². The van der Waals surface area contributed by atoms with Gasteiger partial charge in [-0.25, -0.2) is 0 Å². The molecule has 1 aromatic carbocycles. The molecule has 5 heteroatoms. The summed E-state index contributed by atoms with van der Waals surface area (Å²) in [5.41, 5.74) is 8.61. The van der Waals surface area contributed by atoms with Gasteiger partial charge in [0.05, 0.1) is 17.1 Å². The second-order valence-corrected chi connectivity index (χ2v) is 4.46. The van der Waals surface area contributed by atoms with E-state index in [-0.39, 0.29) is 12.5 Å². The van der Waals surface area contributed by atoms with Gasteiger partial charge in [-0.15, -0.1) is 0 Å². The minimum Gasteiger partial charge on any atom is -0.482 e. The molecular weight excluding hydrogens is 254 g/mol. The van der Waals surface area contributed by atoms with Crippen LogP contribution in [0.15, 0.2) is 36.4 Å². The van der Waals surface area contributed by atoms with Gasteiger partial charge in [0.2, 0.25) is 0 Å². The predicted molar refractivity (Wildman–Crippen MR) is 78.7 cm³/mol. The van der Waals surface area contributed by atoms with Crippen molar-refractivity contribution >= 4 is 17.3 Å². The SMILES string of the molecule is Cc1ccc(NC(=O)COc2ccccc2N)c(C)n1. The van der Waals surface area contributed by atoms with Crippen molar-refractivity contribution in [3.8, 4) is 5.75 Å². The van der Waals surface area contributed by atoms with Gasteiger partial charge in [-0.05, 0) is 38.1 Å². The van der Waals surface area contributed by atoms with Crippen LogP contribution in [0.1, 0.15) is 11.4 Å². The average Bonchev–Trinajstić information content (AvgIpc) is 2.41. The van der Waals surface area contributed by atoms with Gasteiger partial charge in [-0.2, -0.15) is 0 Å². The molecule has 0 aliphatic rings. The van der Waals surface area contributed by atoms with E-state index in [0.717, 1.165) is 11.4 Å². The van der Waals surface area contributed by atoms with Crippen LogP contribution in [0.25, 0.3) is 0 Å². The average molecular weight is 271 g/mol. The third-order valence-corrected chi connectivity index (χ3v) is 2.78. The van der Waals surface area contributed by atoms with Crippen molar-refractivity contribution in [1.29, 1.82) is 0 Å². The molecule has 2 aromatic rings. The third-order valence-electron chi connectivity index (χ3n) is 2.78. The number of pyridine rings is 1. The predicted octanol–water partition coefficient (Wildman–Crippen LogP) is 2.30. The summed E-state index contributed by atoms with van der Waals surface area (Å²) < 4.78 is 5.38. The van der Waals surface area contributed by atoms with E-state index in [1.54, 1.807) is 18.2 Å². The number of aromatic nitrogens is 1. The highest BCUT2D eigenvalue weighted by atomic mass is 16.5. The smallest absolute Gasteiger partial charge is 0.262 e. The Labute approximate surface area is 117 Å². The van der Waals surface area contributed by atoms with Crippen molar-refractivity contribution in [2.45, 2.75) is 13.8 Å². The first-order valence-electron chi connectivity index (χ1n) is 6.27. The number of carbonyl (C=O) groups is 1. The summed E-state index contributed by atoms with van der Waals surface area (Å²) >= 11 is 0. The van der Waals surface area contributed by atoms with E-state index < -0.39 is 0 Å². The van der Waals surface area contributed by atoms with Crippen LogP contribution < -0.4 is 15.8 Å². The normalized spacial score (nSPS) is 10.1. The van der Waals surface area contributed by atoms with Gasteiger partial charge < -0.3 is 15.8 Å². The molecule has 20 heavy (non-hydrogen) atoms. The molecule has 5 nitrogen and oxygen atoms in total. The zero-order valence-corrected chi connectivity index (χ0v) is 11.5. The maximum atomic E-state index is 11.8. The maximum Gasteiger partial charge on any atom is 0.262 e. The van der Waals surface area contributed by atoms with Gasteiger partial charge in [0.1, 0.15) is 5.75 Å². The topological polar surface area (TPSA) is 77.2 Å². The molecule has 0 aliphatic carbocycles. The zero-order valence-electron chi connectivity index (χ0n) is 11.5. The summed E-state index contributed by atoms with van der Waals surface area (Å²) in [4.78, 5) is 16.1. The van der Waals surface area contributed by atoms with Crippen LogP contribution in [0.2, 0.25) is 0 Å². The van der Waals surface area contributed by atoms with E-state index in [1.807, 2.05) is 32.0 Å². The lowest BCUT2D eigenvalue weighted by molar-refractivity contribution is -0.118.